The van der Waals surface area contributed by atoms with E-state index in [1.165, 1.54) is 0 Å². The summed E-state index contributed by atoms with van der Waals surface area (Å²) in [5.41, 5.74) is 1.50. The molecular formula is C28H36N2O6. The van der Waals surface area contributed by atoms with Crippen molar-refractivity contribution in [2.45, 2.75) is 38.3 Å². The Hall–Kier alpha value is -3.26. The Kier molecular flexibility index (Phi) is 8.70. The summed E-state index contributed by atoms with van der Waals surface area (Å²) in [6.45, 7) is 2.84. The maximum Gasteiger partial charge on any atom is 0.254 e. The van der Waals surface area contributed by atoms with E-state index in [4.69, 9.17) is 18.9 Å². The molecule has 0 aliphatic carbocycles. The quantitative estimate of drug-likeness (QED) is 0.526. The summed E-state index contributed by atoms with van der Waals surface area (Å²) in [4.78, 5) is 30.6. The first kappa shape index (κ1) is 25.8. The van der Waals surface area contributed by atoms with E-state index in [1.54, 1.807) is 39.5 Å². The van der Waals surface area contributed by atoms with Crippen molar-refractivity contribution < 1.29 is 28.5 Å². The van der Waals surface area contributed by atoms with E-state index >= 15 is 0 Å². The third-order valence-electron chi connectivity index (χ3n) is 7.04. The highest BCUT2D eigenvalue weighted by Crippen LogP contribution is 2.28. The van der Waals surface area contributed by atoms with Gasteiger partial charge in [-0.3, -0.25) is 9.59 Å². The molecule has 8 nitrogen and oxygen atoms in total. The molecule has 8 heteroatoms. The van der Waals surface area contributed by atoms with E-state index in [2.05, 4.69) is 0 Å². The number of benzene rings is 2. The molecule has 36 heavy (non-hydrogen) atoms. The number of piperidine rings is 1. The Bertz CT molecular complexity index is 1020. The summed E-state index contributed by atoms with van der Waals surface area (Å²) in [7, 11) is 4.77. The number of carbonyl (C=O) groups excluding carboxylic acids is 2. The number of ether oxygens (including phenoxy) is 4. The van der Waals surface area contributed by atoms with Gasteiger partial charge in [-0.2, -0.15) is 0 Å². The molecule has 2 heterocycles. The predicted octanol–water partition coefficient (Wildman–Crippen LogP) is 3.77. The van der Waals surface area contributed by atoms with Crippen LogP contribution in [-0.4, -0.2) is 75.3 Å². The molecule has 0 N–H and O–H groups in total. The van der Waals surface area contributed by atoms with Gasteiger partial charge in [0, 0.05) is 55.9 Å². The predicted molar refractivity (Wildman–Crippen MR) is 136 cm³/mol. The van der Waals surface area contributed by atoms with Gasteiger partial charge < -0.3 is 28.7 Å². The number of para-hydroxylation sites is 1. The van der Waals surface area contributed by atoms with Crippen molar-refractivity contribution in [1.29, 1.82) is 0 Å². The van der Waals surface area contributed by atoms with Gasteiger partial charge in [0.1, 0.15) is 17.2 Å². The summed E-state index contributed by atoms with van der Waals surface area (Å²) in [5, 5.41) is 0. The molecule has 2 saturated heterocycles. The minimum Gasteiger partial charge on any atom is -0.497 e. The summed E-state index contributed by atoms with van der Waals surface area (Å²) in [5.74, 6) is 1.82. The van der Waals surface area contributed by atoms with Crippen molar-refractivity contribution in [3.8, 4) is 17.2 Å². The fraction of sp³-hybridized carbons (Fsp3) is 0.500. The molecule has 0 aromatic heterocycles. The van der Waals surface area contributed by atoms with Crippen LogP contribution in [0.1, 0.15) is 41.6 Å². The number of hydrogen-bond donors (Lipinski definition) is 0. The maximum atomic E-state index is 13.7. The van der Waals surface area contributed by atoms with Gasteiger partial charge in [0.2, 0.25) is 5.91 Å². The molecule has 2 aliphatic rings. The minimum absolute atomic E-state index is 0.0633. The van der Waals surface area contributed by atoms with Crippen molar-refractivity contribution in [1.82, 2.24) is 9.80 Å². The lowest BCUT2D eigenvalue weighted by atomic mass is 9.94. The first-order chi connectivity index (χ1) is 17.5. The number of methoxy groups -OCH3 is 3. The Balaban J connectivity index is 1.43. The van der Waals surface area contributed by atoms with Gasteiger partial charge in [-0.05, 0) is 43.9 Å². The zero-order valence-corrected chi connectivity index (χ0v) is 21.4. The fourth-order valence-corrected chi connectivity index (χ4v) is 5.01. The zero-order valence-electron chi connectivity index (χ0n) is 21.4. The average molecular weight is 497 g/mol. The molecule has 1 atom stereocenters. The molecule has 2 aliphatic heterocycles. The van der Waals surface area contributed by atoms with E-state index in [1.807, 2.05) is 34.1 Å². The van der Waals surface area contributed by atoms with Crippen molar-refractivity contribution >= 4 is 11.8 Å². The minimum atomic E-state index is -0.134. The SMILES string of the molecule is COc1cc(OC)cc(C(=O)N2CCC(C(=O)N(Cc3ccccc3OC)CC3CCCO3)CC2)c1. The van der Waals surface area contributed by atoms with Crippen LogP contribution in [0.15, 0.2) is 42.5 Å². The molecule has 2 aromatic rings. The normalized spacial score (nSPS) is 18.1. The smallest absolute Gasteiger partial charge is 0.254 e. The highest BCUT2D eigenvalue weighted by Gasteiger charge is 2.33. The number of nitrogens with zero attached hydrogens (tertiary/aromatic N) is 2. The van der Waals surface area contributed by atoms with Crippen molar-refractivity contribution in [3.05, 3.63) is 53.6 Å². The monoisotopic (exact) mass is 496 g/mol. The Labute approximate surface area is 213 Å². The van der Waals surface area contributed by atoms with Gasteiger partial charge in [-0.25, -0.2) is 0 Å². The Morgan fingerprint density at radius 3 is 2.28 bits per heavy atom. The Morgan fingerprint density at radius 2 is 1.67 bits per heavy atom. The summed E-state index contributed by atoms with van der Waals surface area (Å²) in [6.07, 6.45) is 3.30. The van der Waals surface area contributed by atoms with E-state index in [0.29, 0.717) is 56.1 Å². The van der Waals surface area contributed by atoms with E-state index in [-0.39, 0.29) is 23.8 Å². The van der Waals surface area contributed by atoms with Crippen molar-refractivity contribution in [2.24, 2.45) is 5.92 Å². The van der Waals surface area contributed by atoms with Crippen LogP contribution in [-0.2, 0) is 16.1 Å². The molecule has 0 radical (unpaired) electrons. The molecular weight excluding hydrogens is 460 g/mol. The second-order valence-electron chi connectivity index (χ2n) is 9.33. The van der Waals surface area contributed by atoms with Gasteiger partial charge >= 0.3 is 0 Å². The number of likely N-dealkylation sites (tertiary alicyclic amines) is 1. The van der Waals surface area contributed by atoms with Crippen LogP contribution in [0.2, 0.25) is 0 Å². The Morgan fingerprint density at radius 1 is 0.972 bits per heavy atom. The molecule has 4 rings (SSSR count). The van der Waals surface area contributed by atoms with Gasteiger partial charge in [0.15, 0.2) is 0 Å². The lowest BCUT2D eigenvalue weighted by Crippen LogP contribution is -2.46. The van der Waals surface area contributed by atoms with E-state index in [9.17, 15) is 9.59 Å². The third-order valence-corrected chi connectivity index (χ3v) is 7.04. The highest BCUT2D eigenvalue weighted by atomic mass is 16.5. The van der Waals surface area contributed by atoms with Crippen LogP contribution in [0, 0.1) is 5.92 Å². The zero-order chi connectivity index (χ0) is 25.5. The fourth-order valence-electron chi connectivity index (χ4n) is 5.01. The number of rotatable bonds is 9. The molecule has 0 bridgehead atoms. The van der Waals surface area contributed by atoms with Crippen LogP contribution in [0.4, 0.5) is 0 Å². The molecule has 2 amide bonds. The van der Waals surface area contributed by atoms with Crippen LogP contribution >= 0.6 is 0 Å². The van der Waals surface area contributed by atoms with Crippen LogP contribution in [0.5, 0.6) is 17.2 Å². The summed E-state index contributed by atoms with van der Waals surface area (Å²) < 4.78 is 22.0. The van der Waals surface area contributed by atoms with Crippen molar-refractivity contribution in [3.63, 3.8) is 0 Å². The summed E-state index contributed by atoms with van der Waals surface area (Å²) in [6, 6.07) is 13.0. The number of carbonyl (C=O) groups is 2. The molecule has 0 saturated carbocycles. The number of hydrogen-bond acceptors (Lipinski definition) is 6. The molecule has 1 unspecified atom stereocenters. The average Bonchev–Trinajstić information content (AvgIpc) is 3.45. The van der Waals surface area contributed by atoms with Gasteiger partial charge in [0.25, 0.3) is 5.91 Å². The standard InChI is InChI=1S/C28H36N2O6/c1-33-24-15-22(16-25(17-24)34-2)28(32)29-12-10-20(11-13-29)27(31)30(19-23-8-6-14-36-23)18-21-7-4-5-9-26(21)35-3/h4-5,7,9,15-17,20,23H,6,8,10-14,18-19H2,1-3H3. The third kappa shape index (κ3) is 6.10. The van der Waals surface area contributed by atoms with Gasteiger partial charge in [-0.15, -0.1) is 0 Å². The number of amides is 2. The van der Waals surface area contributed by atoms with E-state index < -0.39 is 0 Å². The van der Waals surface area contributed by atoms with Crippen molar-refractivity contribution in [2.75, 3.05) is 47.6 Å². The van der Waals surface area contributed by atoms with Crippen LogP contribution in [0.25, 0.3) is 0 Å². The van der Waals surface area contributed by atoms with Gasteiger partial charge in [-0.1, -0.05) is 18.2 Å². The lowest BCUT2D eigenvalue weighted by molar-refractivity contribution is -0.139. The topological polar surface area (TPSA) is 77.5 Å². The first-order valence-corrected chi connectivity index (χ1v) is 12.6. The molecule has 2 aromatic carbocycles. The van der Waals surface area contributed by atoms with E-state index in [0.717, 1.165) is 30.8 Å². The second-order valence-corrected chi connectivity index (χ2v) is 9.33. The molecule has 194 valence electrons. The lowest BCUT2D eigenvalue weighted by Gasteiger charge is -2.35. The van der Waals surface area contributed by atoms with Crippen LogP contribution < -0.4 is 14.2 Å². The first-order valence-electron chi connectivity index (χ1n) is 12.6. The second kappa shape index (κ2) is 12.1. The van der Waals surface area contributed by atoms with Crippen LogP contribution in [0.3, 0.4) is 0 Å². The largest absolute Gasteiger partial charge is 0.497 e. The highest BCUT2D eigenvalue weighted by molar-refractivity contribution is 5.95. The maximum absolute atomic E-state index is 13.7. The van der Waals surface area contributed by atoms with Gasteiger partial charge in [0.05, 0.1) is 27.4 Å². The molecule has 0 spiro atoms. The molecule has 2 fully saturated rings. The summed E-state index contributed by atoms with van der Waals surface area (Å²) >= 11 is 0.